The summed E-state index contributed by atoms with van der Waals surface area (Å²) in [5, 5.41) is 5.50. The molecule has 10 heteroatoms. The van der Waals surface area contributed by atoms with Gasteiger partial charge in [0.05, 0.1) is 5.56 Å². The molecule has 2 aromatic carbocycles. The van der Waals surface area contributed by atoms with Gasteiger partial charge in [0.2, 0.25) is 12.7 Å². The molecule has 1 fully saturated rings. The normalized spacial score (nSPS) is 14.9. The third-order valence-corrected chi connectivity index (χ3v) is 5.38. The van der Waals surface area contributed by atoms with Crippen LogP contribution in [0.2, 0.25) is 0 Å². The predicted octanol–water partition coefficient (Wildman–Crippen LogP) is 2.72. The molecule has 0 radical (unpaired) electrons. The number of benzene rings is 2. The van der Waals surface area contributed by atoms with Gasteiger partial charge in [0, 0.05) is 25.0 Å². The third kappa shape index (κ3) is 4.40. The van der Waals surface area contributed by atoms with E-state index in [4.69, 9.17) is 14.2 Å². The zero-order valence-corrected chi connectivity index (χ0v) is 17.3. The summed E-state index contributed by atoms with van der Waals surface area (Å²) in [6.45, 7) is 0.241. The van der Waals surface area contributed by atoms with Crippen molar-refractivity contribution < 1.29 is 28.2 Å². The van der Waals surface area contributed by atoms with Gasteiger partial charge in [0.25, 0.3) is 5.91 Å². The molecule has 168 valence electrons. The number of hydrogen-bond acceptors (Lipinski definition) is 7. The highest BCUT2D eigenvalue weighted by Gasteiger charge is 2.51. The number of halogens is 1. The molecule has 2 aliphatic rings. The molecule has 33 heavy (non-hydrogen) atoms. The van der Waals surface area contributed by atoms with Gasteiger partial charge in [-0.25, -0.2) is 14.4 Å². The van der Waals surface area contributed by atoms with E-state index < -0.39 is 17.3 Å². The summed E-state index contributed by atoms with van der Waals surface area (Å²) in [6.07, 6.45) is 5.13. The lowest BCUT2D eigenvalue weighted by Gasteiger charge is -2.17. The summed E-state index contributed by atoms with van der Waals surface area (Å²) >= 11 is 0. The minimum Gasteiger partial charge on any atom is -0.454 e. The lowest BCUT2D eigenvalue weighted by atomic mass is 10.1. The van der Waals surface area contributed by atoms with E-state index in [1.807, 2.05) is 0 Å². The van der Waals surface area contributed by atoms with Crippen LogP contribution in [0.15, 0.2) is 55.1 Å². The molecule has 0 unspecified atom stereocenters. The SMILES string of the molecule is O=C(NC1(C(=O)NCc2ccc(Oc3ccc4c(c3)OCO4)c(F)c2)CC1)c1cncnc1. The number of rotatable bonds is 7. The van der Waals surface area contributed by atoms with E-state index in [0.717, 1.165) is 0 Å². The molecular weight excluding hydrogens is 431 g/mol. The molecule has 0 bridgehead atoms. The van der Waals surface area contributed by atoms with Gasteiger partial charge in [-0.05, 0) is 42.7 Å². The average molecular weight is 450 g/mol. The quantitative estimate of drug-likeness (QED) is 0.569. The molecule has 2 N–H and O–H groups in total. The maximum Gasteiger partial charge on any atom is 0.255 e. The van der Waals surface area contributed by atoms with Crippen molar-refractivity contribution in [3.05, 3.63) is 72.1 Å². The number of carbonyl (C=O) groups is 2. The average Bonchev–Trinajstić information content (AvgIpc) is 3.46. The Morgan fingerprint density at radius 3 is 2.61 bits per heavy atom. The van der Waals surface area contributed by atoms with Gasteiger partial charge < -0.3 is 24.8 Å². The van der Waals surface area contributed by atoms with E-state index in [-0.39, 0.29) is 30.6 Å². The number of nitrogens with one attached hydrogen (secondary N) is 2. The van der Waals surface area contributed by atoms with Crippen molar-refractivity contribution in [2.45, 2.75) is 24.9 Å². The van der Waals surface area contributed by atoms with Gasteiger partial charge in [-0.3, -0.25) is 9.59 Å². The van der Waals surface area contributed by atoms with Crippen LogP contribution in [0.5, 0.6) is 23.0 Å². The molecular formula is C23H19FN4O5. The first-order chi connectivity index (χ1) is 16.0. The highest BCUT2D eigenvalue weighted by molar-refractivity contribution is 6.00. The molecule has 9 nitrogen and oxygen atoms in total. The van der Waals surface area contributed by atoms with Crippen molar-refractivity contribution in [1.82, 2.24) is 20.6 Å². The van der Waals surface area contributed by atoms with Crippen LogP contribution in [0.25, 0.3) is 0 Å². The number of aromatic nitrogens is 2. The summed E-state index contributed by atoms with van der Waals surface area (Å²) in [7, 11) is 0. The lowest BCUT2D eigenvalue weighted by Crippen LogP contribution is -2.48. The number of ether oxygens (including phenoxy) is 3. The zero-order chi connectivity index (χ0) is 22.8. The maximum atomic E-state index is 14.6. The molecule has 1 saturated carbocycles. The van der Waals surface area contributed by atoms with Crippen LogP contribution in [-0.4, -0.2) is 34.1 Å². The van der Waals surface area contributed by atoms with Gasteiger partial charge in [-0.15, -0.1) is 0 Å². The predicted molar refractivity (Wildman–Crippen MR) is 112 cm³/mol. The first-order valence-corrected chi connectivity index (χ1v) is 10.2. The molecule has 2 heterocycles. The van der Waals surface area contributed by atoms with E-state index in [0.29, 0.717) is 35.7 Å². The van der Waals surface area contributed by atoms with Crippen LogP contribution in [-0.2, 0) is 11.3 Å². The van der Waals surface area contributed by atoms with Gasteiger partial charge >= 0.3 is 0 Å². The summed E-state index contributed by atoms with van der Waals surface area (Å²) < 4.78 is 30.7. The van der Waals surface area contributed by atoms with E-state index in [9.17, 15) is 14.0 Å². The topological polar surface area (TPSA) is 112 Å². The molecule has 3 aromatic rings. The molecule has 0 atom stereocenters. The second-order valence-corrected chi connectivity index (χ2v) is 7.73. The van der Waals surface area contributed by atoms with Gasteiger partial charge in [-0.2, -0.15) is 0 Å². The van der Waals surface area contributed by atoms with E-state index in [1.165, 1.54) is 30.9 Å². The number of amides is 2. The molecule has 1 aliphatic heterocycles. The van der Waals surface area contributed by atoms with E-state index in [2.05, 4.69) is 20.6 Å². The minimum absolute atomic E-state index is 0.0416. The first kappa shape index (κ1) is 20.7. The molecule has 1 aromatic heterocycles. The lowest BCUT2D eigenvalue weighted by molar-refractivity contribution is -0.124. The number of fused-ring (bicyclic) bond motifs is 1. The number of hydrogen-bond donors (Lipinski definition) is 2. The molecule has 0 saturated heterocycles. The fourth-order valence-corrected chi connectivity index (χ4v) is 3.40. The van der Waals surface area contributed by atoms with E-state index >= 15 is 0 Å². The Bertz CT molecular complexity index is 1220. The Hall–Kier alpha value is -4.21. The molecule has 2 amide bonds. The van der Waals surface area contributed by atoms with Crippen LogP contribution >= 0.6 is 0 Å². The summed E-state index contributed by atoms with van der Waals surface area (Å²) in [5.41, 5.74) is -0.136. The van der Waals surface area contributed by atoms with Crippen molar-refractivity contribution in [2.24, 2.45) is 0 Å². The van der Waals surface area contributed by atoms with Crippen molar-refractivity contribution >= 4 is 11.8 Å². The van der Waals surface area contributed by atoms with Crippen LogP contribution < -0.4 is 24.8 Å². The van der Waals surface area contributed by atoms with Crippen LogP contribution in [0, 0.1) is 5.82 Å². The van der Waals surface area contributed by atoms with Crippen LogP contribution in [0.1, 0.15) is 28.8 Å². The summed E-state index contributed by atoms with van der Waals surface area (Å²) in [6, 6.07) is 9.42. The highest BCUT2D eigenvalue weighted by Crippen LogP contribution is 2.37. The highest BCUT2D eigenvalue weighted by atomic mass is 19.1. The monoisotopic (exact) mass is 450 g/mol. The van der Waals surface area contributed by atoms with Gasteiger partial charge in [0.1, 0.15) is 17.6 Å². The Balaban J connectivity index is 1.18. The second kappa shape index (κ2) is 8.38. The Morgan fingerprint density at radius 1 is 1.06 bits per heavy atom. The minimum atomic E-state index is -0.964. The van der Waals surface area contributed by atoms with Gasteiger partial charge in [-0.1, -0.05) is 6.07 Å². The van der Waals surface area contributed by atoms with Crippen LogP contribution in [0.4, 0.5) is 4.39 Å². The Kier molecular flexibility index (Phi) is 5.25. The van der Waals surface area contributed by atoms with Crippen molar-refractivity contribution in [1.29, 1.82) is 0 Å². The standard InChI is InChI=1S/C23H19FN4O5/c24-17-7-14(1-3-18(17)33-16-2-4-19-20(8-16)32-13-31-19)9-27-22(30)23(5-6-23)28-21(29)15-10-25-12-26-11-15/h1-4,7-8,10-12H,5-6,9,13H2,(H,27,30)(H,28,29). The van der Waals surface area contributed by atoms with Crippen molar-refractivity contribution in [3.63, 3.8) is 0 Å². The third-order valence-electron chi connectivity index (χ3n) is 5.38. The Morgan fingerprint density at radius 2 is 1.85 bits per heavy atom. The zero-order valence-electron chi connectivity index (χ0n) is 17.3. The molecule has 1 aliphatic carbocycles. The number of nitrogens with zero attached hydrogens (tertiary/aromatic N) is 2. The smallest absolute Gasteiger partial charge is 0.255 e. The summed E-state index contributed by atoms with van der Waals surface area (Å²) in [5.74, 6) is 0.282. The fraction of sp³-hybridized carbons (Fsp3) is 0.217. The van der Waals surface area contributed by atoms with Crippen LogP contribution in [0.3, 0.4) is 0 Å². The largest absolute Gasteiger partial charge is 0.454 e. The maximum absolute atomic E-state index is 14.6. The molecule has 5 rings (SSSR count). The summed E-state index contributed by atoms with van der Waals surface area (Å²) in [4.78, 5) is 32.6. The first-order valence-electron chi connectivity index (χ1n) is 10.2. The van der Waals surface area contributed by atoms with Gasteiger partial charge in [0.15, 0.2) is 23.1 Å². The van der Waals surface area contributed by atoms with Crippen molar-refractivity contribution in [3.8, 4) is 23.0 Å². The molecule has 0 spiro atoms. The van der Waals surface area contributed by atoms with Crippen molar-refractivity contribution in [2.75, 3.05) is 6.79 Å². The van der Waals surface area contributed by atoms with E-state index in [1.54, 1.807) is 24.3 Å². The fourth-order valence-electron chi connectivity index (χ4n) is 3.40. The Labute approximate surface area is 187 Å². The number of carbonyl (C=O) groups excluding carboxylic acids is 2. The second-order valence-electron chi connectivity index (χ2n) is 7.73.